The van der Waals surface area contributed by atoms with Crippen LogP contribution in [0.4, 0.5) is 0 Å². The van der Waals surface area contributed by atoms with Crippen LogP contribution in [0.3, 0.4) is 0 Å². The molecule has 1 aromatic heterocycles. The van der Waals surface area contributed by atoms with Gasteiger partial charge in [0.1, 0.15) is 22.9 Å². The normalized spacial score (nSPS) is 15.7. The molecular formula is C27H18O2. The van der Waals surface area contributed by atoms with Crippen molar-refractivity contribution < 1.29 is 9.15 Å². The van der Waals surface area contributed by atoms with E-state index in [0.29, 0.717) is 0 Å². The quantitative estimate of drug-likeness (QED) is 0.327. The molecule has 5 aromatic rings. The first-order valence-corrected chi connectivity index (χ1v) is 9.82. The summed E-state index contributed by atoms with van der Waals surface area (Å²) in [4.78, 5) is 0. The van der Waals surface area contributed by atoms with E-state index >= 15 is 0 Å². The molecule has 2 nitrogen and oxygen atoms in total. The van der Waals surface area contributed by atoms with Gasteiger partial charge in [-0.3, -0.25) is 0 Å². The van der Waals surface area contributed by atoms with E-state index in [2.05, 4.69) is 72.8 Å². The summed E-state index contributed by atoms with van der Waals surface area (Å²) in [5.41, 5.74) is 3.10. The molecule has 6 rings (SSSR count). The molecule has 0 saturated carbocycles. The monoisotopic (exact) mass is 374 g/mol. The molecular weight excluding hydrogens is 356 g/mol. The van der Waals surface area contributed by atoms with Gasteiger partial charge in [-0.05, 0) is 35.0 Å². The van der Waals surface area contributed by atoms with E-state index in [9.17, 15) is 0 Å². The van der Waals surface area contributed by atoms with Gasteiger partial charge in [-0.15, -0.1) is 0 Å². The van der Waals surface area contributed by atoms with E-state index in [1.807, 2.05) is 30.3 Å². The van der Waals surface area contributed by atoms with Crippen molar-refractivity contribution in [3.63, 3.8) is 0 Å². The third-order valence-corrected chi connectivity index (χ3v) is 5.60. The van der Waals surface area contributed by atoms with Crippen molar-refractivity contribution >= 4 is 27.5 Å². The summed E-state index contributed by atoms with van der Waals surface area (Å²) in [6.07, 6.45) is 2.16. The molecule has 0 amide bonds. The number of fused-ring (bicyclic) bond motifs is 4. The first kappa shape index (κ1) is 16.2. The van der Waals surface area contributed by atoms with Crippen LogP contribution >= 0.6 is 0 Å². The molecule has 2 heteroatoms. The second-order valence-electron chi connectivity index (χ2n) is 7.36. The standard InChI is InChI=1S/C27H18O2/c1-2-9-19(10-3-1)26-16-23(21-12-6-7-13-24(21)28-26)27-17-22-20-11-5-4-8-18(20)14-15-25(22)29-27/h1-17,23H/t23-/m1/s1. The molecule has 138 valence electrons. The van der Waals surface area contributed by atoms with Gasteiger partial charge in [0, 0.05) is 16.5 Å². The average Bonchev–Trinajstić information content (AvgIpc) is 3.24. The topological polar surface area (TPSA) is 22.4 Å². The molecule has 0 aliphatic carbocycles. The van der Waals surface area contributed by atoms with Crippen LogP contribution in [0.2, 0.25) is 0 Å². The van der Waals surface area contributed by atoms with E-state index in [-0.39, 0.29) is 5.92 Å². The zero-order chi connectivity index (χ0) is 19.2. The number of allylic oxidation sites excluding steroid dienone is 1. The lowest BCUT2D eigenvalue weighted by Gasteiger charge is -2.24. The highest BCUT2D eigenvalue weighted by Crippen LogP contribution is 2.42. The molecule has 1 atom stereocenters. The first-order chi connectivity index (χ1) is 14.4. The predicted octanol–water partition coefficient (Wildman–Crippen LogP) is 7.15. The molecule has 1 aliphatic heterocycles. The summed E-state index contributed by atoms with van der Waals surface area (Å²) in [5, 5.41) is 3.59. The van der Waals surface area contributed by atoms with E-state index in [0.717, 1.165) is 39.4 Å². The van der Waals surface area contributed by atoms with Gasteiger partial charge in [0.05, 0.1) is 5.92 Å². The van der Waals surface area contributed by atoms with Crippen molar-refractivity contribution in [2.24, 2.45) is 0 Å². The van der Waals surface area contributed by atoms with Crippen LogP contribution in [0.25, 0.3) is 27.5 Å². The van der Waals surface area contributed by atoms with Gasteiger partial charge in [0.15, 0.2) is 0 Å². The molecule has 0 radical (unpaired) electrons. The fourth-order valence-corrected chi connectivity index (χ4v) is 4.18. The Kier molecular flexibility index (Phi) is 3.57. The fourth-order valence-electron chi connectivity index (χ4n) is 4.18. The number of furan rings is 1. The van der Waals surface area contributed by atoms with Crippen LogP contribution in [-0.4, -0.2) is 0 Å². The van der Waals surface area contributed by atoms with Gasteiger partial charge >= 0.3 is 0 Å². The minimum atomic E-state index is 0.00122. The SMILES string of the molecule is C1=C(c2ccccc2)Oc2ccccc2[C@@H]1c1cc2c(ccc3ccccc32)o1. The fraction of sp³-hybridized carbons (Fsp3) is 0.0370. The summed E-state index contributed by atoms with van der Waals surface area (Å²) >= 11 is 0. The Balaban J connectivity index is 1.56. The largest absolute Gasteiger partial charge is 0.460 e. The highest BCUT2D eigenvalue weighted by molar-refractivity contribution is 6.06. The highest BCUT2D eigenvalue weighted by Gasteiger charge is 2.26. The maximum absolute atomic E-state index is 6.36. The molecule has 1 aliphatic rings. The molecule has 0 fully saturated rings. The number of benzene rings is 4. The molecule has 4 aromatic carbocycles. The molecule has 0 unspecified atom stereocenters. The smallest absolute Gasteiger partial charge is 0.134 e. The minimum Gasteiger partial charge on any atom is -0.460 e. The Morgan fingerprint density at radius 1 is 0.655 bits per heavy atom. The summed E-state index contributed by atoms with van der Waals surface area (Å²) in [5.74, 6) is 2.67. The van der Waals surface area contributed by atoms with Crippen LogP contribution < -0.4 is 4.74 Å². The van der Waals surface area contributed by atoms with E-state index in [1.54, 1.807) is 0 Å². The molecule has 0 bridgehead atoms. The van der Waals surface area contributed by atoms with Crippen molar-refractivity contribution in [3.05, 3.63) is 120 Å². The lowest BCUT2D eigenvalue weighted by molar-refractivity contribution is 0.475. The van der Waals surface area contributed by atoms with Crippen molar-refractivity contribution in [2.75, 3.05) is 0 Å². The average molecular weight is 374 g/mol. The molecule has 29 heavy (non-hydrogen) atoms. The minimum absolute atomic E-state index is 0.00122. The third-order valence-electron chi connectivity index (χ3n) is 5.60. The van der Waals surface area contributed by atoms with Crippen molar-refractivity contribution in [1.82, 2.24) is 0 Å². The van der Waals surface area contributed by atoms with Gasteiger partial charge in [-0.25, -0.2) is 0 Å². The highest BCUT2D eigenvalue weighted by atomic mass is 16.5. The third kappa shape index (κ3) is 2.65. The van der Waals surface area contributed by atoms with Crippen LogP contribution in [0.1, 0.15) is 22.8 Å². The Morgan fingerprint density at radius 3 is 2.38 bits per heavy atom. The van der Waals surface area contributed by atoms with Gasteiger partial charge < -0.3 is 9.15 Å². The number of hydrogen-bond donors (Lipinski definition) is 0. The summed E-state index contributed by atoms with van der Waals surface area (Å²) in [7, 11) is 0. The summed E-state index contributed by atoms with van der Waals surface area (Å²) < 4.78 is 12.6. The predicted molar refractivity (Wildman–Crippen MR) is 117 cm³/mol. The molecule has 2 heterocycles. The second-order valence-corrected chi connectivity index (χ2v) is 7.36. The summed E-state index contributed by atoms with van der Waals surface area (Å²) in [6, 6.07) is 33.2. The van der Waals surface area contributed by atoms with Gasteiger partial charge in [-0.1, -0.05) is 78.9 Å². The van der Waals surface area contributed by atoms with E-state index in [1.165, 1.54) is 10.8 Å². The number of ether oxygens (including phenoxy) is 1. The van der Waals surface area contributed by atoms with Crippen LogP contribution in [0.15, 0.2) is 108 Å². The van der Waals surface area contributed by atoms with Crippen molar-refractivity contribution in [1.29, 1.82) is 0 Å². The number of para-hydroxylation sites is 1. The summed E-state index contributed by atoms with van der Waals surface area (Å²) in [6.45, 7) is 0. The lowest BCUT2D eigenvalue weighted by Crippen LogP contribution is -2.09. The molecule has 0 saturated heterocycles. The lowest BCUT2D eigenvalue weighted by atomic mass is 9.91. The number of rotatable bonds is 2. The van der Waals surface area contributed by atoms with Crippen LogP contribution in [0.5, 0.6) is 5.75 Å². The first-order valence-electron chi connectivity index (χ1n) is 9.82. The second kappa shape index (κ2) is 6.39. The van der Waals surface area contributed by atoms with Crippen LogP contribution in [-0.2, 0) is 0 Å². The molecule has 0 N–H and O–H groups in total. The van der Waals surface area contributed by atoms with Gasteiger partial charge in [-0.2, -0.15) is 0 Å². The maximum Gasteiger partial charge on any atom is 0.134 e. The van der Waals surface area contributed by atoms with Crippen molar-refractivity contribution in [3.8, 4) is 5.75 Å². The Hall–Kier alpha value is -3.78. The zero-order valence-electron chi connectivity index (χ0n) is 15.7. The van der Waals surface area contributed by atoms with Crippen molar-refractivity contribution in [2.45, 2.75) is 5.92 Å². The van der Waals surface area contributed by atoms with E-state index < -0.39 is 0 Å². The maximum atomic E-state index is 6.36. The van der Waals surface area contributed by atoms with E-state index in [4.69, 9.17) is 9.15 Å². The Bertz CT molecular complexity index is 1380. The Labute approximate surface area is 168 Å². The van der Waals surface area contributed by atoms with Gasteiger partial charge in [0.25, 0.3) is 0 Å². The Morgan fingerprint density at radius 2 is 1.45 bits per heavy atom. The zero-order valence-corrected chi connectivity index (χ0v) is 15.7. The van der Waals surface area contributed by atoms with Crippen LogP contribution in [0, 0.1) is 0 Å². The number of hydrogen-bond acceptors (Lipinski definition) is 2. The molecule has 0 spiro atoms. The van der Waals surface area contributed by atoms with Gasteiger partial charge in [0.2, 0.25) is 0 Å².